The number of amides is 2. The fourth-order valence-corrected chi connectivity index (χ4v) is 1.58. The second-order valence-corrected chi connectivity index (χ2v) is 3.71. The topological polar surface area (TPSA) is 85.9 Å². The fraction of sp³-hybridized carbons (Fsp3) is 0.385. The Morgan fingerprint density at radius 3 is 2.05 bits per heavy atom. The van der Waals surface area contributed by atoms with Crippen LogP contribution >= 0.6 is 0 Å². The number of rotatable bonds is 6. The van der Waals surface area contributed by atoms with E-state index in [4.69, 9.17) is 9.47 Å². The van der Waals surface area contributed by atoms with Crippen molar-refractivity contribution in [1.82, 2.24) is 10.6 Å². The number of benzene rings is 1. The van der Waals surface area contributed by atoms with E-state index < -0.39 is 6.09 Å². The first-order valence-electron chi connectivity index (χ1n) is 5.95. The third-order valence-electron chi connectivity index (χ3n) is 2.52. The third kappa shape index (κ3) is 4.04. The molecule has 2 amide bonds. The predicted molar refractivity (Wildman–Crippen MR) is 72.3 cm³/mol. The molecule has 0 aromatic heterocycles. The summed E-state index contributed by atoms with van der Waals surface area (Å²) >= 11 is 0. The number of methoxy groups -OCH3 is 3. The molecule has 7 nitrogen and oxygen atoms in total. The highest BCUT2D eigenvalue weighted by molar-refractivity contribution is 5.99. The summed E-state index contributed by atoms with van der Waals surface area (Å²) in [5.41, 5.74) is 0.315. The Labute approximate surface area is 117 Å². The van der Waals surface area contributed by atoms with Gasteiger partial charge in [0.05, 0.1) is 21.3 Å². The summed E-state index contributed by atoms with van der Waals surface area (Å²) in [6, 6.07) is 5.07. The van der Waals surface area contributed by atoms with Crippen molar-refractivity contribution in [2.24, 2.45) is 0 Å². The standard InChI is InChI=1S/C13H18N2O5/c1-18-9-5-4-6-10(19-2)11(9)12(16)14-7-8-15-13(17)20-3/h4-6H,7-8H2,1-3H3,(H,14,16)(H,15,17). The molecule has 0 heterocycles. The van der Waals surface area contributed by atoms with Gasteiger partial charge in [0.15, 0.2) is 0 Å². The van der Waals surface area contributed by atoms with Crippen LogP contribution in [0, 0.1) is 0 Å². The first kappa shape index (κ1) is 15.6. The van der Waals surface area contributed by atoms with Crippen LogP contribution in [0.5, 0.6) is 11.5 Å². The maximum atomic E-state index is 12.1. The minimum absolute atomic E-state index is 0.259. The van der Waals surface area contributed by atoms with Gasteiger partial charge in [-0.1, -0.05) is 6.07 Å². The number of carbonyl (C=O) groups excluding carboxylic acids is 2. The summed E-state index contributed by atoms with van der Waals surface area (Å²) in [6.45, 7) is 0.519. The van der Waals surface area contributed by atoms with Gasteiger partial charge in [0.1, 0.15) is 17.1 Å². The zero-order valence-corrected chi connectivity index (χ0v) is 11.7. The lowest BCUT2D eigenvalue weighted by molar-refractivity contribution is 0.0946. The summed E-state index contributed by atoms with van der Waals surface area (Å²) in [7, 11) is 4.22. The first-order valence-corrected chi connectivity index (χ1v) is 5.95. The molecule has 1 rings (SSSR count). The number of alkyl carbamates (subject to hydrolysis) is 1. The lowest BCUT2D eigenvalue weighted by Gasteiger charge is -2.13. The van der Waals surface area contributed by atoms with Gasteiger partial charge >= 0.3 is 6.09 Å². The average molecular weight is 282 g/mol. The van der Waals surface area contributed by atoms with Crippen molar-refractivity contribution in [2.45, 2.75) is 0 Å². The van der Waals surface area contributed by atoms with Crippen LogP contribution < -0.4 is 20.1 Å². The molecule has 0 aliphatic rings. The van der Waals surface area contributed by atoms with E-state index in [2.05, 4.69) is 15.4 Å². The van der Waals surface area contributed by atoms with Crippen LogP contribution in [0.15, 0.2) is 18.2 Å². The monoisotopic (exact) mass is 282 g/mol. The van der Waals surface area contributed by atoms with Crippen LogP contribution in [-0.2, 0) is 4.74 Å². The molecule has 1 aromatic rings. The minimum atomic E-state index is -0.547. The molecule has 0 unspecified atom stereocenters. The Balaban J connectivity index is 2.65. The van der Waals surface area contributed by atoms with E-state index >= 15 is 0 Å². The van der Waals surface area contributed by atoms with Crippen molar-refractivity contribution in [1.29, 1.82) is 0 Å². The molecule has 0 saturated carbocycles. The van der Waals surface area contributed by atoms with Gasteiger partial charge in [0.25, 0.3) is 5.91 Å². The highest BCUT2D eigenvalue weighted by Gasteiger charge is 2.17. The third-order valence-corrected chi connectivity index (χ3v) is 2.52. The van der Waals surface area contributed by atoms with Gasteiger partial charge < -0.3 is 24.8 Å². The zero-order chi connectivity index (χ0) is 15.0. The number of carbonyl (C=O) groups is 2. The van der Waals surface area contributed by atoms with Crippen molar-refractivity contribution in [2.75, 3.05) is 34.4 Å². The fourth-order valence-electron chi connectivity index (χ4n) is 1.58. The van der Waals surface area contributed by atoms with Gasteiger partial charge in [0.2, 0.25) is 0 Å². The smallest absolute Gasteiger partial charge is 0.406 e. The lowest BCUT2D eigenvalue weighted by Crippen LogP contribution is -2.34. The summed E-state index contributed by atoms with van der Waals surface area (Å²) in [5.74, 6) is 0.497. The molecule has 0 aliphatic carbocycles. The Morgan fingerprint density at radius 1 is 1.00 bits per heavy atom. The maximum absolute atomic E-state index is 12.1. The summed E-state index contributed by atoms with van der Waals surface area (Å²) < 4.78 is 14.7. The maximum Gasteiger partial charge on any atom is 0.406 e. The van der Waals surface area contributed by atoms with E-state index in [-0.39, 0.29) is 19.0 Å². The molecule has 0 spiro atoms. The first-order chi connectivity index (χ1) is 9.63. The summed E-state index contributed by atoms with van der Waals surface area (Å²) in [4.78, 5) is 22.9. The Bertz CT molecular complexity index is 454. The van der Waals surface area contributed by atoms with Crippen molar-refractivity contribution in [3.8, 4) is 11.5 Å². The molecular formula is C13H18N2O5. The van der Waals surface area contributed by atoms with E-state index in [1.54, 1.807) is 18.2 Å². The molecule has 0 atom stereocenters. The molecular weight excluding hydrogens is 264 g/mol. The van der Waals surface area contributed by atoms with E-state index in [1.807, 2.05) is 0 Å². The molecule has 0 bridgehead atoms. The molecule has 110 valence electrons. The van der Waals surface area contributed by atoms with Crippen LogP contribution in [0.3, 0.4) is 0 Å². The quantitative estimate of drug-likeness (QED) is 0.753. The highest BCUT2D eigenvalue weighted by Crippen LogP contribution is 2.27. The Kier molecular flexibility index (Phi) is 6.15. The minimum Gasteiger partial charge on any atom is -0.496 e. The van der Waals surface area contributed by atoms with Crippen molar-refractivity contribution >= 4 is 12.0 Å². The van der Waals surface area contributed by atoms with Gasteiger partial charge in [-0.25, -0.2) is 4.79 Å². The SMILES string of the molecule is COC(=O)NCCNC(=O)c1c(OC)cccc1OC. The molecule has 0 aliphatic heterocycles. The normalized spacial score (nSPS) is 9.55. The van der Waals surface area contributed by atoms with E-state index in [0.29, 0.717) is 17.1 Å². The van der Waals surface area contributed by atoms with Gasteiger partial charge in [-0.2, -0.15) is 0 Å². The van der Waals surface area contributed by atoms with Crippen LogP contribution in [0.4, 0.5) is 4.79 Å². The van der Waals surface area contributed by atoms with Gasteiger partial charge in [-0.15, -0.1) is 0 Å². The lowest BCUT2D eigenvalue weighted by atomic mass is 10.1. The van der Waals surface area contributed by atoms with Crippen LogP contribution in [0.2, 0.25) is 0 Å². The van der Waals surface area contributed by atoms with Gasteiger partial charge in [-0.05, 0) is 12.1 Å². The molecule has 7 heteroatoms. The van der Waals surface area contributed by atoms with Crippen LogP contribution in [0.1, 0.15) is 10.4 Å². The number of nitrogens with one attached hydrogen (secondary N) is 2. The van der Waals surface area contributed by atoms with Gasteiger partial charge in [-0.3, -0.25) is 4.79 Å². The molecule has 0 fully saturated rings. The van der Waals surface area contributed by atoms with E-state index in [9.17, 15) is 9.59 Å². The number of hydrogen-bond donors (Lipinski definition) is 2. The second kappa shape index (κ2) is 7.88. The molecule has 20 heavy (non-hydrogen) atoms. The van der Waals surface area contributed by atoms with Crippen LogP contribution in [-0.4, -0.2) is 46.4 Å². The van der Waals surface area contributed by atoms with Crippen molar-refractivity contribution in [3.63, 3.8) is 0 Å². The highest BCUT2D eigenvalue weighted by atomic mass is 16.5. The Morgan fingerprint density at radius 2 is 1.55 bits per heavy atom. The average Bonchev–Trinajstić information content (AvgIpc) is 2.49. The second-order valence-electron chi connectivity index (χ2n) is 3.71. The molecule has 0 saturated heterocycles. The van der Waals surface area contributed by atoms with Gasteiger partial charge in [0, 0.05) is 13.1 Å². The Hall–Kier alpha value is -2.44. The van der Waals surface area contributed by atoms with E-state index in [0.717, 1.165) is 0 Å². The summed E-state index contributed by atoms with van der Waals surface area (Å²) in [5, 5.41) is 5.12. The van der Waals surface area contributed by atoms with Crippen molar-refractivity contribution < 1.29 is 23.8 Å². The van der Waals surface area contributed by atoms with Crippen molar-refractivity contribution in [3.05, 3.63) is 23.8 Å². The molecule has 1 aromatic carbocycles. The zero-order valence-electron chi connectivity index (χ0n) is 11.7. The largest absolute Gasteiger partial charge is 0.496 e. The van der Waals surface area contributed by atoms with E-state index in [1.165, 1.54) is 21.3 Å². The van der Waals surface area contributed by atoms with Crippen LogP contribution in [0.25, 0.3) is 0 Å². The molecule has 2 N–H and O–H groups in total. The number of ether oxygens (including phenoxy) is 3. The number of hydrogen-bond acceptors (Lipinski definition) is 5. The molecule has 0 radical (unpaired) electrons. The predicted octanol–water partition coefficient (Wildman–Crippen LogP) is 0.790. The summed E-state index contributed by atoms with van der Waals surface area (Å²) in [6.07, 6.45) is -0.547.